The molecule has 0 spiro atoms. The summed E-state index contributed by atoms with van der Waals surface area (Å²) in [6.45, 7) is 0.160. The third kappa shape index (κ3) is 4.73. The molecular formula is C15H14FN3O4. The molecule has 0 saturated carbocycles. The van der Waals surface area contributed by atoms with Crippen LogP contribution in [-0.2, 0) is 4.79 Å². The maximum Gasteiger partial charge on any atom is 0.310 e. The summed E-state index contributed by atoms with van der Waals surface area (Å²) < 4.78 is 18.5. The lowest BCUT2D eigenvalue weighted by Gasteiger charge is -2.07. The van der Waals surface area contributed by atoms with E-state index in [1.54, 1.807) is 12.1 Å². The van der Waals surface area contributed by atoms with Gasteiger partial charge in [-0.1, -0.05) is 12.1 Å². The number of hydrogen-bond donors (Lipinski definition) is 1. The molecule has 0 radical (unpaired) electrons. The number of anilines is 1. The number of aromatic nitrogens is 1. The van der Waals surface area contributed by atoms with Crippen molar-refractivity contribution in [1.82, 2.24) is 4.98 Å². The molecule has 2 rings (SSSR count). The first-order chi connectivity index (χ1) is 11.1. The molecule has 120 valence electrons. The van der Waals surface area contributed by atoms with Gasteiger partial charge in [0.1, 0.15) is 11.9 Å². The molecule has 8 heteroatoms. The first-order valence-electron chi connectivity index (χ1n) is 6.83. The van der Waals surface area contributed by atoms with Gasteiger partial charge in [0.15, 0.2) is 11.6 Å². The first kappa shape index (κ1) is 16.3. The van der Waals surface area contributed by atoms with Gasteiger partial charge in [-0.05, 0) is 24.6 Å². The minimum absolute atomic E-state index is 0.0880. The molecule has 0 aliphatic carbocycles. The van der Waals surface area contributed by atoms with E-state index in [-0.39, 0.29) is 30.2 Å². The number of ether oxygens (including phenoxy) is 1. The maximum atomic E-state index is 13.3. The Hall–Kier alpha value is -3.03. The summed E-state index contributed by atoms with van der Waals surface area (Å²) in [4.78, 5) is 25.6. The average Bonchev–Trinajstić information content (AvgIpc) is 2.53. The predicted octanol–water partition coefficient (Wildman–Crippen LogP) is 2.93. The highest BCUT2D eigenvalue weighted by molar-refractivity contribution is 5.92. The van der Waals surface area contributed by atoms with Gasteiger partial charge in [-0.25, -0.2) is 4.39 Å². The van der Waals surface area contributed by atoms with Gasteiger partial charge >= 0.3 is 5.69 Å². The summed E-state index contributed by atoms with van der Waals surface area (Å²) in [6, 6.07) is 7.33. The lowest BCUT2D eigenvalue weighted by molar-refractivity contribution is -0.384. The highest BCUT2D eigenvalue weighted by atomic mass is 19.1. The smallest absolute Gasteiger partial charge is 0.310 e. The second kappa shape index (κ2) is 7.83. The van der Waals surface area contributed by atoms with Gasteiger partial charge in [-0.2, -0.15) is 0 Å². The van der Waals surface area contributed by atoms with Crippen LogP contribution in [0, 0.1) is 15.9 Å². The fourth-order valence-corrected chi connectivity index (χ4v) is 1.83. The van der Waals surface area contributed by atoms with Crippen LogP contribution in [0.1, 0.15) is 12.8 Å². The molecule has 1 amide bonds. The molecule has 0 unspecified atom stereocenters. The third-order valence-electron chi connectivity index (χ3n) is 2.91. The monoisotopic (exact) mass is 319 g/mol. The highest BCUT2D eigenvalue weighted by Gasteiger charge is 2.15. The number of benzene rings is 1. The van der Waals surface area contributed by atoms with Gasteiger partial charge < -0.3 is 10.1 Å². The predicted molar refractivity (Wildman–Crippen MR) is 80.7 cm³/mol. The molecule has 2 aromatic rings. The summed E-state index contributed by atoms with van der Waals surface area (Å²) >= 11 is 0. The van der Waals surface area contributed by atoms with Crippen LogP contribution in [0.2, 0.25) is 0 Å². The Labute approximate surface area is 131 Å². The fourth-order valence-electron chi connectivity index (χ4n) is 1.83. The van der Waals surface area contributed by atoms with Crippen LogP contribution in [-0.4, -0.2) is 22.4 Å². The van der Waals surface area contributed by atoms with Gasteiger partial charge in [-0.15, -0.1) is 0 Å². The van der Waals surface area contributed by atoms with E-state index in [4.69, 9.17) is 4.74 Å². The lowest BCUT2D eigenvalue weighted by atomic mass is 10.3. The van der Waals surface area contributed by atoms with Crippen LogP contribution < -0.4 is 10.1 Å². The zero-order chi connectivity index (χ0) is 16.7. The number of carbonyl (C=O) groups is 1. The Morgan fingerprint density at radius 1 is 1.35 bits per heavy atom. The summed E-state index contributed by atoms with van der Waals surface area (Å²) in [6.07, 6.45) is 2.85. The second-order valence-corrected chi connectivity index (χ2v) is 4.58. The number of amides is 1. The zero-order valence-electron chi connectivity index (χ0n) is 12.1. The van der Waals surface area contributed by atoms with E-state index in [1.165, 1.54) is 24.4 Å². The van der Waals surface area contributed by atoms with Crippen molar-refractivity contribution in [3.05, 3.63) is 58.7 Å². The summed E-state index contributed by atoms with van der Waals surface area (Å²) in [5.74, 6) is -0.738. The number of rotatable bonds is 7. The lowest BCUT2D eigenvalue weighted by Crippen LogP contribution is -2.14. The third-order valence-corrected chi connectivity index (χ3v) is 2.91. The molecule has 0 atom stereocenters. The minimum atomic E-state index is -0.621. The minimum Gasteiger partial charge on any atom is -0.491 e. The Balaban J connectivity index is 1.80. The standard InChI is InChI=1S/C15H14FN3O4/c16-11-4-1-2-5-14(11)23-9-3-6-15(20)18-12-7-8-17-10-13(12)19(21)22/h1-2,4-5,7-8,10H,3,6,9H2,(H,17,18,20). The van der Waals surface area contributed by atoms with Gasteiger partial charge in [0.2, 0.25) is 5.91 Å². The Kier molecular flexibility index (Phi) is 5.56. The molecular weight excluding hydrogens is 305 g/mol. The Bertz CT molecular complexity index is 709. The van der Waals surface area contributed by atoms with Crippen molar-refractivity contribution < 1.29 is 18.8 Å². The number of hydrogen-bond acceptors (Lipinski definition) is 5. The Morgan fingerprint density at radius 3 is 2.87 bits per heavy atom. The van der Waals surface area contributed by atoms with E-state index >= 15 is 0 Å². The number of nitrogens with zero attached hydrogens (tertiary/aromatic N) is 2. The van der Waals surface area contributed by atoms with Crippen molar-refractivity contribution in [1.29, 1.82) is 0 Å². The average molecular weight is 319 g/mol. The maximum absolute atomic E-state index is 13.3. The first-order valence-corrected chi connectivity index (χ1v) is 6.83. The highest BCUT2D eigenvalue weighted by Crippen LogP contribution is 2.22. The van der Waals surface area contributed by atoms with Crippen molar-refractivity contribution in [2.75, 3.05) is 11.9 Å². The molecule has 1 heterocycles. The molecule has 1 aromatic carbocycles. The van der Waals surface area contributed by atoms with Crippen molar-refractivity contribution >= 4 is 17.3 Å². The van der Waals surface area contributed by atoms with Gasteiger partial charge in [0.25, 0.3) is 0 Å². The van der Waals surface area contributed by atoms with Crippen LogP contribution in [0.15, 0.2) is 42.7 Å². The van der Waals surface area contributed by atoms with Crippen molar-refractivity contribution in [3.63, 3.8) is 0 Å². The number of nitro groups is 1. The van der Waals surface area contributed by atoms with E-state index in [1.807, 2.05) is 0 Å². The van der Waals surface area contributed by atoms with E-state index in [0.29, 0.717) is 6.42 Å². The second-order valence-electron chi connectivity index (χ2n) is 4.58. The number of halogens is 1. The molecule has 1 N–H and O–H groups in total. The van der Waals surface area contributed by atoms with Crippen LogP contribution in [0.4, 0.5) is 15.8 Å². The van der Waals surface area contributed by atoms with E-state index in [0.717, 1.165) is 6.20 Å². The molecule has 0 aliphatic rings. The zero-order valence-corrected chi connectivity index (χ0v) is 12.1. The number of nitrogens with one attached hydrogen (secondary N) is 1. The van der Waals surface area contributed by atoms with Crippen molar-refractivity contribution in [3.8, 4) is 5.75 Å². The topological polar surface area (TPSA) is 94.4 Å². The van der Waals surface area contributed by atoms with Crippen LogP contribution in [0.3, 0.4) is 0 Å². The van der Waals surface area contributed by atoms with E-state index in [2.05, 4.69) is 10.3 Å². The summed E-state index contributed by atoms with van der Waals surface area (Å²) in [5, 5.41) is 13.3. The van der Waals surface area contributed by atoms with Crippen molar-refractivity contribution in [2.45, 2.75) is 12.8 Å². The molecule has 23 heavy (non-hydrogen) atoms. The number of pyridine rings is 1. The van der Waals surface area contributed by atoms with Gasteiger partial charge in [0, 0.05) is 12.6 Å². The Morgan fingerprint density at radius 2 is 2.13 bits per heavy atom. The summed E-state index contributed by atoms with van der Waals surface area (Å²) in [5.41, 5.74) is -0.187. The van der Waals surface area contributed by atoms with Gasteiger partial charge in [-0.3, -0.25) is 19.9 Å². The number of carbonyl (C=O) groups excluding carboxylic acids is 1. The normalized spacial score (nSPS) is 10.1. The molecule has 7 nitrogen and oxygen atoms in total. The molecule has 0 aliphatic heterocycles. The number of para-hydroxylation sites is 1. The fraction of sp³-hybridized carbons (Fsp3) is 0.200. The largest absolute Gasteiger partial charge is 0.491 e. The van der Waals surface area contributed by atoms with Crippen LogP contribution >= 0.6 is 0 Å². The van der Waals surface area contributed by atoms with Crippen LogP contribution in [0.5, 0.6) is 5.75 Å². The molecule has 1 aromatic heterocycles. The van der Waals surface area contributed by atoms with E-state index < -0.39 is 16.6 Å². The van der Waals surface area contributed by atoms with Crippen LogP contribution in [0.25, 0.3) is 0 Å². The van der Waals surface area contributed by atoms with E-state index in [9.17, 15) is 19.3 Å². The van der Waals surface area contributed by atoms with Crippen molar-refractivity contribution in [2.24, 2.45) is 0 Å². The van der Waals surface area contributed by atoms with Gasteiger partial charge in [0.05, 0.1) is 11.5 Å². The molecule has 0 saturated heterocycles. The molecule has 0 bridgehead atoms. The SMILES string of the molecule is O=C(CCCOc1ccccc1F)Nc1ccncc1[N+](=O)[O-]. The summed E-state index contributed by atoms with van der Waals surface area (Å²) in [7, 11) is 0. The quantitative estimate of drug-likeness (QED) is 0.481. The molecule has 0 fully saturated rings.